The number of anilines is 2. The van der Waals surface area contributed by atoms with Crippen molar-refractivity contribution in [2.45, 2.75) is 32.3 Å². The predicted octanol–water partition coefficient (Wildman–Crippen LogP) is 2.08. The van der Waals surface area contributed by atoms with E-state index in [1.807, 2.05) is 11.8 Å². The van der Waals surface area contributed by atoms with E-state index < -0.39 is 34.6 Å². The van der Waals surface area contributed by atoms with Crippen molar-refractivity contribution in [3.63, 3.8) is 0 Å². The number of thiocarbonyl (C=S) groups is 1. The molecule has 0 unspecified atom stereocenters. The van der Waals surface area contributed by atoms with Crippen LogP contribution in [0.25, 0.3) is 0 Å². The molecule has 225 valence electrons. The number of carbonyl (C=O) groups excluding carboxylic acids is 3. The maximum atomic E-state index is 15.1. The molecule has 14 heteroatoms. The second-order valence-corrected chi connectivity index (χ2v) is 18.6. The third-order valence-electron chi connectivity index (χ3n) is 6.96. The van der Waals surface area contributed by atoms with Crippen molar-refractivity contribution in [2.75, 3.05) is 55.3 Å². The Morgan fingerprint density at radius 3 is 2.40 bits per heavy atom. The van der Waals surface area contributed by atoms with Gasteiger partial charge in [-0.2, -0.15) is 0 Å². The van der Waals surface area contributed by atoms with Crippen LogP contribution >= 0.6 is 12.2 Å². The Hall–Kier alpha value is -3.02. The number of benzene rings is 2. The standard InChI is InChI=1S/C28H33AsFN4O6S2/c1-3-26(41)31-17-22-18-34(28(37)40-22)21-8-9-24(23(30)16-21)32-12-14-33(15-13-32)27(36)11-10-25(35)19-4-6-20(7-5-19)29-42(2,38)39/h4-9,16,22H,3,10-15,17-18H2,1-2H3,(H,31,41)/t22-/m0/s1. The first-order valence-electron chi connectivity index (χ1n) is 13.6. The van der Waals surface area contributed by atoms with Crippen molar-refractivity contribution in [3.8, 4) is 0 Å². The Morgan fingerprint density at radius 2 is 1.79 bits per heavy atom. The van der Waals surface area contributed by atoms with Crippen LogP contribution in [-0.4, -0.2) is 102 Å². The Morgan fingerprint density at radius 1 is 1.10 bits per heavy atom. The number of Topliss-reactive ketones (excluding diaryl/α,β-unsaturated/α-hetero) is 1. The van der Waals surface area contributed by atoms with Crippen LogP contribution in [0.3, 0.4) is 0 Å². The van der Waals surface area contributed by atoms with Gasteiger partial charge in [0.1, 0.15) is 11.9 Å². The Labute approximate surface area is 256 Å². The molecule has 1 atom stereocenters. The van der Waals surface area contributed by atoms with Crippen LogP contribution in [0.5, 0.6) is 0 Å². The molecule has 4 rings (SSSR count). The molecule has 42 heavy (non-hydrogen) atoms. The van der Waals surface area contributed by atoms with Gasteiger partial charge in [-0.15, -0.1) is 0 Å². The fraction of sp³-hybridized carbons (Fsp3) is 0.429. The molecule has 10 nitrogen and oxygen atoms in total. The van der Waals surface area contributed by atoms with Crippen molar-refractivity contribution >= 4 is 73.4 Å². The average molecular weight is 680 g/mol. The first-order valence-corrected chi connectivity index (χ1v) is 19.1. The van der Waals surface area contributed by atoms with Crippen LogP contribution in [0, 0.1) is 5.82 Å². The van der Waals surface area contributed by atoms with Gasteiger partial charge in [0.2, 0.25) is 0 Å². The van der Waals surface area contributed by atoms with E-state index in [4.69, 9.17) is 17.0 Å². The number of piperazine rings is 1. The molecule has 2 aliphatic heterocycles. The average Bonchev–Trinajstić information content (AvgIpc) is 3.34. The van der Waals surface area contributed by atoms with E-state index in [0.717, 1.165) is 0 Å². The van der Waals surface area contributed by atoms with Crippen LogP contribution in [-0.2, 0) is 17.6 Å². The Balaban J connectivity index is 1.25. The monoisotopic (exact) mass is 679 g/mol. The SMILES string of the molecule is CCC(=S)NC[C@H]1CN(c2ccc(N3CCN(C(=O)CCC(=O)c4ccc([As]S(C)(=O)=O)cc4)CC3)c(F)c2)C(=O)O1. The van der Waals surface area contributed by atoms with Gasteiger partial charge < -0.3 is 10.1 Å². The third kappa shape index (κ3) is 8.51. The van der Waals surface area contributed by atoms with Crippen LogP contribution in [0.4, 0.5) is 20.6 Å². The molecule has 0 aromatic heterocycles. The molecule has 0 bridgehead atoms. The van der Waals surface area contributed by atoms with E-state index in [-0.39, 0.29) is 37.2 Å². The van der Waals surface area contributed by atoms with Gasteiger partial charge in [-0.3, -0.25) is 4.90 Å². The Kier molecular flexibility index (Phi) is 10.6. The van der Waals surface area contributed by atoms with E-state index in [0.29, 0.717) is 65.4 Å². The summed E-state index contributed by atoms with van der Waals surface area (Å²) in [6, 6.07) is 11.1. The molecule has 1 N–H and O–H groups in total. The molecule has 0 aliphatic carbocycles. The van der Waals surface area contributed by atoms with Crippen LogP contribution in [0.15, 0.2) is 42.5 Å². The van der Waals surface area contributed by atoms with Crippen LogP contribution < -0.4 is 19.5 Å². The van der Waals surface area contributed by atoms with Crippen molar-refractivity contribution in [1.82, 2.24) is 10.2 Å². The summed E-state index contributed by atoms with van der Waals surface area (Å²) >= 11 is 4.14. The molecule has 2 heterocycles. The summed E-state index contributed by atoms with van der Waals surface area (Å²) < 4.78 is 44.2. The van der Waals surface area contributed by atoms with Gasteiger partial charge in [0, 0.05) is 0 Å². The van der Waals surface area contributed by atoms with Gasteiger partial charge >= 0.3 is 148 Å². The second-order valence-electron chi connectivity index (χ2n) is 10.1. The van der Waals surface area contributed by atoms with Crippen molar-refractivity contribution in [1.29, 1.82) is 0 Å². The number of amides is 2. The summed E-state index contributed by atoms with van der Waals surface area (Å²) in [5.74, 6) is -0.794. The largest absolute Gasteiger partial charge is 0.442 e. The molecule has 2 saturated heterocycles. The van der Waals surface area contributed by atoms with Gasteiger partial charge in [-0.25, -0.2) is 9.18 Å². The van der Waals surface area contributed by atoms with E-state index in [1.54, 1.807) is 41.3 Å². The fourth-order valence-electron chi connectivity index (χ4n) is 4.73. The minimum Gasteiger partial charge on any atom is -0.442 e. The van der Waals surface area contributed by atoms with E-state index >= 15 is 4.39 Å². The quantitative estimate of drug-likeness (QED) is 0.217. The smallest absolute Gasteiger partial charge is 0.414 e. The number of carbonyl (C=O) groups is 3. The number of cyclic esters (lactones) is 1. The zero-order valence-corrected chi connectivity index (χ0v) is 26.9. The zero-order chi connectivity index (χ0) is 30.4. The van der Waals surface area contributed by atoms with Gasteiger partial charge in [0.15, 0.2) is 0 Å². The summed E-state index contributed by atoms with van der Waals surface area (Å²) in [7, 11) is -3.07. The maximum Gasteiger partial charge on any atom is 0.414 e. The summed E-state index contributed by atoms with van der Waals surface area (Å²) in [6.45, 7) is 4.26. The number of nitrogens with one attached hydrogen (secondary N) is 1. The van der Waals surface area contributed by atoms with Crippen LogP contribution in [0.1, 0.15) is 36.5 Å². The zero-order valence-electron chi connectivity index (χ0n) is 23.4. The number of hydrogen-bond donors (Lipinski definition) is 1. The number of ether oxygens (including phenoxy) is 1. The molecule has 2 aromatic rings. The molecule has 0 saturated carbocycles. The van der Waals surface area contributed by atoms with Crippen molar-refractivity contribution in [3.05, 3.63) is 53.8 Å². The Bertz CT molecular complexity index is 1450. The molecule has 2 amide bonds. The number of hydrogen-bond acceptors (Lipinski definition) is 8. The fourth-order valence-corrected chi connectivity index (χ4v) is 8.81. The summed E-state index contributed by atoms with van der Waals surface area (Å²) in [5.41, 5.74) is 1.24. The normalized spacial score (nSPS) is 17.5. The maximum absolute atomic E-state index is 15.1. The van der Waals surface area contributed by atoms with Gasteiger partial charge in [-0.05, 0) is 24.6 Å². The number of rotatable bonds is 11. The topological polar surface area (TPSA) is 116 Å². The van der Waals surface area contributed by atoms with Gasteiger partial charge in [-0.1, -0.05) is 19.1 Å². The first-order chi connectivity index (χ1) is 19.9. The molecule has 2 aromatic carbocycles. The van der Waals surface area contributed by atoms with Crippen molar-refractivity contribution in [2.24, 2.45) is 0 Å². The van der Waals surface area contributed by atoms with Crippen LogP contribution in [0.2, 0.25) is 0 Å². The molecule has 2 fully saturated rings. The summed E-state index contributed by atoms with van der Waals surface area (Å²) in [5, 5.41) is 3.06. The molecular weight excluding hydrogens is 646 g/mol. The number of halogens is 1. The first kappa shape index (κ1) is 31.9. The predicted molar refractivity (Wildman–Crippen MR) is 164 cm³/mol. The van der Waals surface area contributed by atoms with E-state index in [2.05, 4.69) is 5.32 Å². The van der Waals surface area contributed by atoms with Crippen molar-refractivity contribution < 1.29 is 31.9 Å². The summed E-state index contributed by atoms with van der Waals surface area (Å²) in [6.07, 6.45) is 1.08. The molecule has 2 aliphatic rings. The van der Waals surface area contributed by atoms with E-state index in [1.165, 1.54) is 17.2 Å². The number of nitrogens with zero attached hydrogens (tertiary/aromatic N) is 3. The summed E-state index contributed by atoms with van der Waals surface area (Å²) in [4.78, 5) is 43.3. The second kappa shape index (κ2) is 14.0. The molecule has 1 radical (unpaired) electrons. The van der Waals surface area contributed by atoms with Gasteiger partial charge in [0.25, 0.3) is 0 Å². The number of ketones is 1. The van der Waals surface area contributed by atoms with E-state index in [9.17, 15) is 22.8 Å². The minimum atomic E-state index is -3.07. The molecule has 0 spiro atoms. The van der Waals surface area contributed by atoms with Gasteiger partial charge in [0.05, 0.1) is 29.5 Å². The molecular formula is C28H33AsFN4O6S2. The third-order valence-corrected chi connectivity index (χ3v) is 12.0. The minimum absolute atomic E-state index is 0.0510.